The number of nitrogens with two attached hydrogens (primary N) is 1. The number of aryl methyl sites for hydroxylation is 1. The standard InChI is InChI=1S/C22H24N6O5/c1-12-25-20(23)19-21(26-12)24-10-15(27-19)11-28(2)16-6-3-13(4-7-16)17(29)9-14(22(32)33)5-8-18(30)31/h3-4,6-7,10,14H,5,8-9,11H2,1-2H3,(H,30,31)(H,32,33)(H2,23,24,25,26). The Labute approximate surface area is 189 Å². The number of hydrogen-bond acceptors (Lipinski definition) is 9. The molecule has 0 fully saturated rings. The van der Waals surface area contributed by atoms with E-state index < -0.39 is 17.9 Å². The fraction of sp³-hybridized carbons (Fsp3) is 0.318. The highest BCUT2D eigenvalue weighted by Crippen LogP contribution is 2.21. The van der Waals surface area contributed by atoms with Crippen molar-refractivity contribution >= 4 is 40.4 Å². The number of nitrogen functional groups attached to an aromatic ring is 1. The number of aromatic nitrogens is 4. The minimum absolute atomic E-state index is 0.0981. The van der Waals surface area contributed by atoms with Gasteiger partial charge in [-0.05, 0) is 37.6 Å². The Bertz CT molecular complexity index is 1200. The molecule has 0 aliphatic heterocycles. The predicted molar refractivity (Wildman–Crippen MR) is 120 cm³/mol. The molecule has 0 aliphatic rings. The van der Waals surface area contributed by atoms with Gasteiger partial charge in [-0.15, -0.1) is 0 Å². The number of hydrogen-bond donors (Lipinski definition) is 3. The monoisotopic (exact) mass is 452 g/mol. The third-order valence-electron chi connectivity index (χ3n) is 5.11. The first-order valence-corrected chi connectivity index (χ1v) is 10.2. The van der Waals surface area contributed by atoms with Crippen LogP contribution in [0.4, 0.5) is 11.5 Å². The molecule has 11 heteroatoms. The Hall–Kier alpha value is -4.15. The van der Waals surface area contributed by atoms with Gasteiger partial charge in [0.05, 0.1) is 24.4 Å². The van der Waals surface area contributed by atoms with Gasteiger partial charge in [0.1, 0.15) is 5.82 Å². The van der Waals surface area contributed by atoms with Gasteiger partial charge in [0.15, 0.2) is 22.8 Å². The number of ketones is 1. The van der Waals surface area contributed by atoms with Crippen molar-refractivity contribution in [3.63, 3.8) is 0 Å². The second kappa shape index (κ2) is 9.98. The molecule has 2 aromatic heterocycles. The van der Waals surface area contributed by atoms with Gasteiger partial charge >= 0.3 is 11.9 Å². The van der Waals surface area contributed by atoms with E-state index in [1.165, 1.54) is 0 Å². The molecule has 1 aromatic carbocycles. The largest absolute Gasteiger partial charge is 0.481 e. The van der Waals surface area contributed by atoms with Crippen molar-refractivity contribution in [2.75, 3.05) is 17.7 Å². The summed E-state index contributed by atoms with van der Waals surface area (Å²) in [7, 11) is 1.85. The Kier molecular flexibility index (Phi) is 7.11. The summed E-state index contributed by atoms with van der Waals surface area (Å²) in [5, 5.41) is 18.0. The highest BCUT2D eigenvalue weighted by Gasteiger charge is 2.23. The summed E-state index contributed by atoms with van der Waals surface area (Å²) in [6, 6.07) is 6.72. The summed E-state index contributed by atoms with van der Waals surface area (Å²) in [6.45, 7) is 2.14. The lowest BCUT2D eigenvalue weighted by atomic mass is 9.94. The first kappa shape index (κ1) is 23.5. The third-order valence-corrected chi connectivity index (χ3v) is 5.11. The number of rotatable bonds is 10. The molecular formula is C22H24N6O5. The van der Waals surface area contributed by atoms with Crippen LogP contribution in [-0.4, -0.2) is 54.9 Å². The van der Waals surface area contributed by atoms with Crippen LogP contribution in [0.1, 0.15) is 41.1 Å². The Morgan fingerprint density at radius 1 is 1.09 bits per heavy atom. The molecule has 2 heterocycles. The molecule has 1 unspecified atom stereocenters. The zero-order valence-electron chi connectivity index (χ0n) is 18.2. The SMILES string of the molecule is Cc1nc(N)c2nc(CN(C)c3ccc(C(=O)CC(CCC(=O)O)C(=O)O)cc3)cnc2n1. The summed E-state index contributed by atoms with van der Waals surface area (Å²) in [5.74, 6) is -2.89. The lowest BCUT2D eigenvalue weighted by Crippen LogP contribution is -2.20. The maximum Gasteiger partial charge on any atom is 0.306 e. The number of nitrogens with zero attached hydrogens (tertiary/aromatic N) is 5. The van der Waals surface area contributed by atoms with Gasteiger partial charge in [0.25, 0.3) is 0 Å². The van der Waals surface area contributed by atoms with Crippen LogP contribution in [0.3, 0.4) is 0 Å². The average Bonchev–Trinajstić information content (AvgIpc) is 2.76. The van der Waals surface area contributed by atoms with E-state index in [4.69, 9.17) is 10.8 Å². The number of aliphatic carboxylic acids is 2. The predicted octanol–water partition coefficient (Wildman–Crippen LogP) is 2.09. The zero-order chi connectivity index (χ0) is 24.1. The summed E-state index contributed by atoms with van der Waals surface area (Å²) in [5.41, 5.74) is 8.62. The van der Waals surface area contributed by atoms with Crippen LogP contribution < -0.4 is 10.6 Å². The van der Waals surface area contributed by atoms with Gasteiger partial charge < -0.3 is 20.8 Å². The van der Waals surface area contributed by atoms with Crippen molar-refractivity contribution in [2.24, 2.45) is 5.92 Å². The quantitative estimate of drug-likeness (QED) is 0.384. The second-order valence-electron chi connectivity index (χ2n) is 7.69. The summed E-state index contributed by atoms with van der Waals surface area (Å²) < 4.78 is 0. The highest BCUT2D eigenvalue weighted by atomic mass is 16.4. The molecule has 33 heavy (non-hydrogen) atoms. The smallest absolute Gasteiger partial charge is 0.306 e. The molecule has 3 rings (SSSR count). The molecular weight excluding hydrogens is 428 g/mol. The molecule has 0 aliphatic carbocycles. The van der Waals surface area contributed by atoms with Gasteiger partial charge in [-0.3, -0.25) is 14.4 Å². The topological polar surface area (TPSA) is 172 Å². The van der Waals surface area contributed by atoms with E-state index in [-0.39, 0.29) is 30.9 Å². The Morgan fingerprint density at radius 3 is 2.42 bits per heavy atom. The first-order valence-electron chi connectivity index (χ1n) is 10.2. The number of anilines is 2. The van der Waals surface area contributed by atoms with Crippen molar-refractivity contribution in [3.05, 3.63) is 47.5 Å². The normalized spacial score (nSPS) is 11.8. The molecule has 0 amide bonds. The third kappa shape index (κ3) is 5.97. The Morgan fingerprint density at radius 2 is 1.79 bits per heavy atom. The minimum atomic E-state index is -1.18. The molecule has 0 bridgehead atoms. The highest BCUT2D eigenvalue weighted by molar-refractivity contribution is 5.98. The van der Waals surface area contributed by atoms with Crippen molar-refractivity contribution in [2.45, 2.75) is 32.7 Å². The van der Waals surface area contributed by atoms with Crippen LogP contribution in [0.2, 0.25) is 0 Å². The van der Waals surface area contributed by atoms with Crippen molar-refractivity contribution in [1.82, 2.24) is 19.9 Å². The molecule has 0 radical (unpaired) electrons. The van der Waals surface area contributed by atoms with Crippen LogP contribution in [0.5, 0.6) is 0 Å². The fourth-order valence-electron chi connectivity index (χ4n) is 3.34. The maximum absolute atomic E-state index is 12.5. The number of carboxylic acid groups (broad SMARTS) is 2. The molecule has 1 atom stereocenters. The van der Waals surface area contributed by atoms with E-state index in [0.717, 1.165) is 5.69 Å². The second-order valence-corrected chi connectivity index (χ2v) is 7.69. The number of carbonyl (C=O) groups is 3. The number of Topliss-reactive ketones (excluding diaryl/α,β-unsaturated/α-hetero) is 1. The van der Waals surface area contributed by atoms with Crippen molar-refractivity contribution in [3.8, 4) is 0 Å². The van der Waals surface area contributed by atoms with Gasteiger partial charge in [0.2, 0.25) is 0 Å². The van der Waals surface area contributed by atoms with Gasteiger partial charge in [-0.1, -0.05) is 0 Å². The number of benzene rings is 1. The fourth-order valence-corrected chi connectivity index (χ4v) is 3.34. The van der Waals surface area contributed by atoms with Gasteiger partial charge in [-0.25, -0.2) is 19.9 Å². The van der Waals surface area contributed by atoms with E-state index in [1.54, 1.807) is 37.4 Å². The van der Waals surface area contributed by atoms with Crippen LogP contribution in [-0.2, 0) is 16.1 Å². The maximum atomic E-state index is 12.5. The van der Waals surface area contributed by atoms with Gasteiger partial charge in [-0.2, -0.15) is 0 Å². The van der Waals surface area contributed by atoms with E-state index in [2.05, 4.69) is 19.9 Å². The molecule has 11 nitrogen and oxygen atoms in total. The molecule has 3 aromatic rings. The lowest BCUT2D eigenvalue weighted by Gasteiger charge is -2.19. The molecule has 0 saturated carbocycles. The average molecular weight is 452 g/mol. The van der Waals surface area contributed by atoms with Crippen LogP contribution in [0, 0.1) is 12.8 Å². The van der Waals surface area contributed by atoms with Crippen LogP contribution >= 0.6 is 0 Å². The minimum Gasteiger partial charge on any atom is -0.481 e. The van der Waals surface area contributed by atoms with Crippen molar-refractivity contribution in [1.29, 1.82) is 0 Å². The number of carboxylic acids is 2. The number of fused-ring (bicyclic) bond motifs is 1. The molecule has 172 valence electrons. The number of carbonyl (C=O) groups excluding carboxylic acids is 1. The summed E-state index contributed by atoms with van der Waals surface area (Å²) in [6.07, 6.45) is 0.960. The van der Waals surface area contributed by atoms with Crippen LogP contribution in [0.15, 0.2) is 30.5 Å². The van der Waals surface area contributed by atoms with E-state index in [9.17, 15) is 19.5 Å². The lowest BCUT2D eigenvalue weighted by molar-refractivity contribution is -0.142. The van der Waals surface area contributed by atoms with E-state index in [1.807, 2.05) is 11.9 Å². The molecule has 0 spiro atoms. The zero-order valence-corrected chi connectivity index (χ0v) is 18.2. The van der Waals surface area contributed by atoms with E-state index in [0.29, 0.717) is 34.8 Å². The van der Waals surface area contributed by atoms with Crippen LogP contribution in [0.25, 0.3) is 11.2 Å². The summed E-state index contributed by atoms with van der Waals surface area (Å²) in [4.78, 5) is 53.6. The first-order chi connectivity index (χ1) is 15.6. The van der Waals surface area contributed by atoms with Crippen molar-refractivity contribution < 1.29 is 24.6 Å². The summed E-state index contributed by atoms with van der Waals surface area (Å²) >= 11 is 0. The molecule has 4 N–H and O–H groups in total. The van der Waals surface area contributed by atoms with E-state index >= 15 is 0 Å². The Balaban J connectivity index is 1.67. The van der Waals surface area contributed by atoms with Gasteiger partial charge in [0, 0.05) is 31.1 Å². The molecule has 0 saturated heterocycles.